The third-order valence-electron chi connectivity index (χ3n) is 3.38. The van der Waals surface area contributed by atoms with Crippen molar-refractivity contribution in [2.24, 2.45) is 0 Å². The number of ether oxygens (including phenoxy) is 2. The number of rotatable bonds is 7. The minimum atomic E-state index is -0.644. The molecule has 2 rings (SSSR count). The standard InChI is InChI=1S/C18H22N4O5/c1-12(2)27-14-6-4-13(5-7-14)17(24)19-20-18(25)15-8-9-16(23)22(21-15)10-11-26-3/h4-9,12H,10-11H2,1-3H3,(H,19,24)(H,20,25). The van der Waals surface area contributed by atoms with Crippen LogP contribution in [0.1, 0.15) is 34.7 Å². The number of aromatic nitrogens is 2. The second kappa shape index (κ2) is 9.48. The van der Waals surface area contributed by atoms with Crippen LogP contribution in [0.15, 0.2) is 41.2 Å². The van der Waals surface area contributed by atoms with Crippen LogP contribution >= 0.6 is 0 Å². The van der Waals surface area contributed by atoms with E-state index in [4.69, 9.17) is 9.47 Å². The lowest BCUT2D eigenvalue weighted by Crippen LogP contribution is -2.42. The SMILES string of the molecule is COCCn1nc(C(=O)NNC(=O)c2ccc(OC(C)C)cc2)ccc1=O. The molecule has 0 unspecified atom stereocenters. The van der Waals surface area contributed by atoms with Gasteiger partial charge in [-0.15, -0.1) is 0 Å². The third-order valence-corrected chi connectivity index (χ3v) is 3.38. The molecular formula is C18H22N4O5. The smallest absolute Gasteiger partial charge is 0.290 e. The Balaban J connectivity index is 1.96. The first-order valence-electron chi connectivity index (χ1n) is 8.35. The molecule has 0 aliphatic heterocycles. The van der Waals surface area contributed by atoms with Crippen molar-refractivity contribution in [2.45, 2.75) is 26.5 Å². The summed E-state index contributed by atoms with van der Waals surface area (Å²) in [6.45, 7) is 4.31. The minimum absolute atomic E-state index is 0.00770. The number of hydrazine groups is 1. The molecule has 9 nitrogen and oxygen atoms in total. The molecule has 0 saturated carbocycles. The van der Waals surface area contributed by atoms with Gasteiger partial charge in [-0.05, 0) is 44.2 Å². The van der Waals surface area contributed by atoms with Gasteiger partial charge in [0, 0.05) is 18.7 Å². The largest absolute Gasteiger partial charge is 0.491 e. The van der Waals surface area contributed by atoms with Gasteiger partial charge in [-0.25, -0.2) is 4.68 Å². The molecule has 0 bridgehead atoms. The summed E-state index contributed by atoms with van der Waals surface area (Å²) < 4.78 is 11.5. The second-order valence-corrected chi connectivity index (χ2v) is 5.87. The molecule has 0 radical (unpaired) electrons. The van der Waals surface area contributed by atoms with Gasteiger partial charge in [-0.2, -0.15) is 5.10 Å². The normalized spacial score (nSPS) is 10.5. The summed E-state index contributed by atoms with van der Waals surface area (Å²) in [6, 6.07) is 9.02. The first kappa shape index (κ1) is 20.1. The van der Waals surface area contributed by atoms with E-state index in [1.807, 2.05) is 13.8 Å². The Hall–Kier alpha value is -3.20. The van der Waals surface area contributed by atoms with E-state index < -0.39 is 11.8 Å². The van der Waals surface area contributed by atoms with Crippen LogP contribution in [0.3, 0.4) is 0 Å². The van der Waals surface area contributed by atoms with E-state index in [9.17, 15) is 14.4 Å². The number of hydrogen-bond acceptors (Lipinski definition) is 6. The van der Waals surface area contributed by atoms with Gasteiger partial charge < -0.3 is 9.47 Å². The summed E-state index contributed by atoms with van der Waals surface area (Å²) in [5.74, 6) is -0.491. The van der Waals surface area contributed by atoms with Crippen molar-refractivity contribution >= 4 is 11.8 Å². The molecule has 0 fully saturated rings. The number of carbonyl (C=O) groups excluding carboxylic acids is 2. The van der Waals surface area contributed by atoms with E-state index in [0.29, 0.717) is 11.3 Å². The molecular weight excluding hydrogens is 352 g/mol. The summed E-state index contributed by atoms with van der Waals surface area (Å²) in [7, 11) is 1.50. The molecule has 9 heteroatoms. The lowest BCUT2D eigenvalue weighted by molar-refractivity contribution is 0.0842. The van der Waals surface area contributed by atoms with Crippen molar-refractivity contribution in [3.8, 4) is 5.75 Å². The van der Waals surface area contributed by atoms with E-state index in [1.165, 1.54) is 19.2 Å². The van der Waals surface area contributed by atoms with Crippen LogP contribution in [0.5, 0.6) is 5.75 Å². The van der Waals surface area contributed by atoms with Crippen molar-refractivity contribution in [3.05, 3.63) is 58.0 Å². The van der Waals surface area contributed by atoms with Crippen molar-refractivity contribution in [3.63, 3.8) is 0 Å². The van der Waals surface area contributed by atoms with E-state index in [2.05, 4.69) is 16.0 Å². The van der Waals surface area contributed by atoms with Gasteiger partial charge >= 0.3 is 0 Å². The number of amides is 2. The van der Waals surface area contributed by atoms with Crippen LogP contribution in [0.25, 0.3) is 0 Å². The average Bonchev–Trinajstić information content (AvgIpc) is 2.65. The van der Waals surface area contributed by atoms with Crippen LogP contribution in [-0.4, -0.2) is 41.4 Å². The first-order valence-corrected chi connectivity index (χ1v) is 8.35. The van der Waals surface area contributed by atoms with Gasteiger partial charge in [0.15, 0.2) is 5.69 Å². The molecule has 0 saturated heterocycles. The number of nitrogens with one attached hydrogen (secondary N) is 2. The Bertz CT molecular complexity index is 846. The summed E-state index contributed by atoms with van der Waals surface area (Å²) in [4.78, 5) is 35.9. The van der Waals surface area contributed by atoms with Crippen LogP contribution in [0.4, 0.5) is 0 Å². The van der Waals surface area contributed by atoms with E-state index >= 15 is 0 Å². The van der Waals surface area contributed by atoms with E-state index in [1.54, 1.807) is 24.3 Å². The molecule has 2 N–H and O–H groups in total. The minimum Gasteiger partial charge on any atom is -0.491 e. The molecule has 2 aromatic rings. The maximum Gasteiger partial charge on any atom is 0.290 e. The molecule has 1 heterocycles. The zero-order valence-corrected chi connectivity index (χ0v) is 15.4. The van der Waals surface area contributed by atoms with Crippen LogP contribution in [-0.2, 0) is 11.3 Å². The molecule has 1 aromatic heterocycles. The van der Waals surface area contributed by atoms with Gasteiger partial charge in [-0.3, -0.25) is 25.2 Å². The fourth-order valence-electron chi connectivity index (χ4n) is 2.11. The van der Waals surface area contributed by atoms with E-state index in [-0.39, 0.29) is 30.5 Å². The van der Waals surface area contributed by atoms with Crippen molar-refractivity contribution in [2.75, 3.05) is 13.7 Å². The highest BCUT2D eigenvalue weighted by atomic mass is 16.5. The van der Waals surface area contributed by atoms with Gasteiger partial charge in [0.2, 0.25) is 0 Å². The third kappa shape index (κ3) is 5.93. The Morgan fingerprint density at radius 3 is 2.37 bits per heavy atom. The zero-order valence-electron chi connectivity index (χ0n) is 15.4. The number of hydrogen-bond donors (Lipinski definition) is 2. The van der Waals surface area contributed by atoms with Crippen molar-refractivity contribution in [1.82, 2.24) is 20.6 Å². The van der Waals surface area contributed by atoms with Gasteiger partial charge in [0.25, 0.3) is 17.4 Å². The van der Waals surface area contributed by atoms with Crippen LogP contribution < -0.4 is 21.1 Å². The highest BCUT2D eigenvalue weighted by Gasteiger charge is 2.12. The summed E-state index contributed by atoms with van der Waals surface area (Å²) in [6.07, 6.45) is 0.0311. The topological polar surface area (TPSA) is 112 Å². The van der Waals surface area contributed by atoms with Crippen LogP contribution in [0, 0.1) is 0 Å². The summed E-state index contributed by atoms with van der Waals surface area (Å²) in [5, 5.41) is 3.94. The molecule has 0 spiro atoms. The Morgan fingerprint density at radius 1 is 1.07 bits per heavy atom. The van der Waals surface area contributed by atoms with Gasteiger partial charge in [0.1, 0.15) is 5.75 Å². The Labute approximate surface area is 156 Å². The lowest BCUT2D eigenvalue weighted by atomic mass is 10.2. The molecule has 0 atom stereocenters. The maximum absolute atomic E-state index is 12.1. The number of nitrogens with zero attached hydrogens (tertiary/aromatic N) is 2. The fraction of sp³-hybridized carbons (Fsp3) is 0.333. The number of benzene rings is 1. The van der Waals surface area contributed by atoms with Crippen molar-refractivity contribution in [1.29, 1.82) is 0 Å². The predicted octanol–water partition coefficient (Wildman–Crippen LogP) is 0.752. The molecule has 0 aliphatic rings. The molecule has 2 amide bonds. The highest BCUT2D eigenvalue weighted by molar-refractivity contribution is 5.98. The maximum atomic E-state index is 12.1. The zero-order chi connectivity index (χ0) is 19.8. The average molecular weight is 374 g/mol. The Kier molecular flexibility index (Phi) is 7.07. The molecule has 144 valence electrons. The van der Waals surface area contributed by atoms with Gasteiger partial charge in [0.05, 0.1) is 19.3 Å². The quantitative estimate of drug-likeness (QED) is 0.692. The second-order valence-electron chi connectivity index (χ2n) is 5.87. The molecule has 0 aliphatic carbocycles. The monoisotopic (exact) mass is 374 g/mol. The van der Waals surface area contributed by atoms with Crippen molar-refractivity contribution < 1.29 is 19.1 Å². The fourth-order valence-corrected chi connectivity index (χ4v) is 2.11. The predicted molar refractivity (Wildman–Crippen MR) is 97.5 cm³/mol. The lowest BCUT2D eigenvalue weighted by Gasteiger charge is -2.11. The van der Waals surface area contributed by atoms with Gasteiger partial charge in [-0.1, -0.05) is 0 Å². The molecule has 27 heavy (non-hydrogen) atoms. The highest BCUT2D eigenvalue weighted by Crippen LogP contribution is 2.13. The number of methoxy groups -OCH3 is 1. The summed E-state index contributed by atoms with van der Waals surface area (Å²) >= 11 is 0. The Morgan fingerprint density at radius 2 is 1.74 bits per heavy atom. The first-order chi connectivity index (χ1) is 12.9. The summed E-state index contributed by atoms with van der Waals surface area (Å²) in [5.41, 5.74) is 4.56. The van der Waals surface area contributed by atoms with Crippen LogP contribution in [0.2, 0.25) is 0 Å². The molecule has 1 aromatic carbocycles. The number of carbonyl (C=O) groups is 2. The van der Waals surface area contributed by atoms with E-state index in [0.717, 1.165) is 4.68 Å².